The predicted molar refractivity (Wildman–Crippen MR) is 57.7 cm³/mol. The lowest BCUT2D eigenvalue weighted by atomic mass is 9.68. The minimum Gasteiger partial charge on any atom is -0.481 e. The molecule has 0 atom stereocenters. The quantitative estimate of drug-likeness (QED) is 0.640. The number of carbonyl (C=O) groups is 2. The Balaban J connectivity index is 1.87. The summed E-state index contributed by atoms with van der Waals surface area (Å²) in [6, 6.07) is 0. The number of amides is 1. The molecule has 2 aliphatic carbocycles. The Morgan fingerprint density at radius 3 is 2.06 bits per heavy atom. The summed E-state index contributed by atoms with van der Waals surface area (Å²) in [4.78, 5) is 22.8. The van der Waals surface area contributed by atoms with Crippen molar-refractivity contribution in [2.75, 3.05) is 6.54 Å². The van der Waals surface area contributed by atoms with Crippen molar-refractivity contribution in [1.29, 1.82) is 0 Å². The fourth-order valence-corrected chi connectivity index (χ4v) is 2.28. The van der Waals surface area contributed by atoms with Gasteiger partial charge in [-0.3, -0.25) is 9.59 Å². The van der Waals surface area contributed by atoms with Gasteiger partial charge in [0, 0.05) is 6.54 Å². The second kappa shape index (κ2) is 3.73. The molecule has 0 bridgehead atoms. The number of carboxylic acids is 1. The molecule has 90 valence electrons. The van der Waals surface area contributed by atoms with Crippen molar-refractivity contribution in [2.45, 2.75) is 44.1 Å². The highest BCUT2D eigenvalue weighted by molar-refractivity contribution is 5.87. The maximum absolute atomic E-state index is 11.7. The van der Waals surface area contributed by atoms with Gasteiger partial charge in [-0.1, -0.05) is 6.42 Å². The molecule has 1 amide bonds. The SMILES string of the molecule is NC1(C(=O)NCC2(C(=O)O)CCC2)CCC1. The molecule has 0 aliphatic heterocycles. The van der Waals surface area contributed by atoms with Crippen LogP contribution in [0.2, 0.25) is 0 Å². The molecule has 0 aromatic rings. The smallest absolute Gasteiger partial charge is 0.311 e. The summed E-state index contributed by atoms with van der Waals surface area (Å²) in [7, 11) is 0. The van der Waals surface area contributed by atoms with Crippen molar-refractivity contribution in [1.82, 2.24) is 5.32 Å². The van der Waals surface area contributed by atoms with Crippen molar-refractivity contribution in [3.63, 3.8) is 0 Å². The first-order chi connectivity index (χ1) is 7.49. The standard InChI is InChI=1S/C11H18N2O3/c12-11(5-2-6-11)8(14)13-7-10(9(15)16)3-1-4-10/h1-7,12H2,(H,13,14)(H,15,16). The Morgan fingerprint density at radius 1 is 1.19 bits per heavy atom. The van der Waals surface area contributed by atoms with Crippen LogP contribution < -0.4 is 11.1 Å². The Labute approximate surface area is 94.4 Å². The van der Waals surface area contributed by atoms with E-state index in [1.54, 1.807) is 0 Å². The molecule has 0 radical (unpaired) electrons. The van der Waals surface area contributed by atoms with E-state index >= 15 is 0 Å². The highest BCUT2D eigenvalue weighted by Crippen LogP contribution is 2.40. The van der Waals surface area contributed by atoms with Gasteiger partial charge in [0.25, 0.3) is 0 Å². The second-order valence-electron chi connectivity index (χ2n) is 5.13. The van der Waals surface area contributed by atoms with Gasteiger partial charge in [0.05, 0.1) is 11.0 Å². The van der Waals surface area contributed by atoms with Crippen LogP contribution in [0.4, 0.5) is 0 Å². The molecule has 2 saturated carbocycles. The fourth-order valence-electron chi connectivity index (χ4n) is 2.28. The number of nitrogens with two attached hydrogens (primary N) is 1. The molecule has 16 heavy (non-hydrogen) atoms. The summed E-state index contributed by atoms with van der Waals surface area (Å²) >= 11 is 0. The van der Waals surface area contributed by atoms with Gasteiger partial charge >= 0.3 is 5.97 Å². The van der Waals surface area contributed by atoms with Gasteiger partial charge in [0.15, 0.2) is 0 Å². The number of aliphatic carboxylic acids is 1. The number of carboxylic acid groups (broad SMARTS) is 1. The van der Waals surface area contributed by atoms with Crippen LogP contribution >= 0.6 is 0 Å². The van der Waals surface area contributed by atoms with Crippen molar-refractivity contribution in [3.05, 3.63) is 0 Å². The number of nitrogens with one attached hydrogen (secondary N) is 1. The Kier molecular flexibility index (Phi) is 2.66. The normalized spacial score (nSPS) is 25.1. The number of hydrogen-bond donors (Lipinski definition) is 3. The van der Waals surface area contributed by atoms with Gasteiger partial charge < -0.3 is 16.2 Å². The zero-order valence-corrected chi connectivity index (χ0v) is 9.29. The van der Waals surface area contributed by atoms with Gasteiger partial charge in [-0.2, -0.15) is 0 Å². The summed E-state index contributed by atoms with van der Waals surface area (Å²) in [6.07, 6.45) is 4.63. The zero-order valence-electron chi connectivity index (χ0n) is 9.29. The average Bonchev–Trinajstić information content (AvgIpc) is 2.11. The first kappa shape index (κ1) is 11.4. The lowest BCUT2D eigenvalue weighted by Gasteiger charge is -2.40. The first-order valence-corrected chi connectivity index (χ1v) is 5.79. The molecule has 2 fully saturated rings. The third kappa shape index (κ3) is 1.69. The average molecular weight is 226 g/mol. The zero-order chi connectivity index (χ0) is 11.8. The van der Waals surface area contributed by atoms with Crippen molar-refractivity contribution in [2.24, 2.45) is 11.1 Å². The Hall–Kier alpha value is -1.10. The first-order valence-electron chi connectivity index (χ1n) is 5.79. The monoisotopic (exact) mass is 226 g/mol. The molecule has 0 heterocycles. The molecule has 2 rings (SSSR count). The summed E-state index contributed by atoms with van der Waals surface area (Å²) in [5, 5.41) is 11.8. The van der Waals surface area contributed by atoms with Crippen LogP contribution in [0.15, 0.2) is 0 Å². The van der Waals surface area contributed by atoms with Crippen molar-refractivity contribution in [3.8, 4) is 0 Å². The molecule has 5 nitrogen and oxygen atoms in total. The van der Waals surface area contributed by atoms with Crippen LogP contribution in [0.1, 0.15) is 38.5 Å². The second-order valence-corrected chi connectivity index (χ2v) is 5.13. The maximum atomic E-state index is 11.7. The van der Waals surface area contributed by atoms with Gasteiger partial charge in [-0.15, -0.1) is 0 Å². The minimum absolute atomic E-state index is 0.189. The fraction of sp³-hybridized carbons (Fsp3) is 0.818. The highest BCUT2D eigenvalue weighted by atomic mass is 16.4. The van der Waals surface area contributed by atoms with E-state index < -0.39 is 16.9 Å². The highest BCUT2D eigenvalue weighted by Gasteiger charge is 2.46. The molecule has 0 aromatic carbocycles. The molecule has 0 aromatic heterocycles. The molecule has 4 N–H and O–H groups in total. The van der Waals surface area contributed by atoms with Gasteiger partial charge in [0.2, 0.25) is 5.91 Å². The van der Waals surface area contributed by atoms with E-state index in [0.717, 1.165) is 12.8 Å². The Morgan fingerprint density at radius 2 is 1.75 bits per heavy atom. The van der Waals surface area contributed by atoms with E-state index in [1.165, 1.54) is 0 Å². The van der Waals surface area contributed by atoms with E-state index in [2.05, 4.69) is 5.32 Å². The molecule has 0 spiro atoms. The summed E-state index contributed by atoms with van der Waals surface area (Å²) in [6.45, 7) is 0.222. The summed E-state index contributed by atoms with van der Waals surface area (Å²) < 4.78 is 0. The lowest BCUT2D eigenvalue weighted by molar-refractivity contribution is -0.154. The third-order valence-corrected chi connectivity index (χ3v) is 4.05. The van der Waals surface area contributed by atoms with Crippen LogP contribution in [0, 0.1) is 5.41 Å². The molecular weight excluding hydrogens is 208 g/mol. The Bertz CT molecular complexity index is 319. The van der Waals surface area contributed by atoms with Crippen LogP contribution in [-0.4, -0.2) is 29.1 Å². The van der Waals surface area contributed by atoms with E-state index in [0.29, 0.717) is 25.7 Å². The van der Waals surface area contributed by atoms with Crippen molar-refractivity contribution >= 4 is 11.9 Å². The van der Waals surface area contributed by atoms with E-state index in [4.69, 9.17) is 10.8 Å². The maximum Gasteiger partial charge on any atom is 0.311 e. The van der Waals surface area contributed by atoms with E-state index in [9.17, 15) is 9.59 Å². The number of carbonyl (C=O) groups excluding carboxylic acids is 1. The van der Waals surface area contributed by atoms with Crippen molar-refractivity contribution < 1.29 is 14.7 Å². The molecule has 2 aliphatic rings. The van der Waals surface area contributed by atoms with Gasteiger partial charge in [0.1, 0.15) is 0 Å². The third-order valence-electron chi connectivity index (χ3n) is 4.05. The van der Waals surface area contributed by atoms with E-state index in [-0.39, 0.29) is 12.5 Å². The molecule has 0 saturated heterocycles. The molecule has 5 heteroatoms. The number of hydrogen-bond acceptors (Lipinski definition) is 3. The topological polar surface area (TPSA) is 92.4 Å². The van der Waals surface area contributed by atoms with Crippen LogP contribution in [0.3, 0.4) is 0 Å². The predicted octanol–water partition coefficient (Wildman–Crippen LogP) is 0.239. The molecular formula is C11H18N2O3. The van der Waals surface area contributed by atoms with E-state index in [1.807, 2.05) is 0 Å². The summed E-state index contributed by atoms with van der Waals surface area (Å²) in [5.41, 5.74) is 4.39. The largest absolute Gasteiger partial charge is 0.481 e. The lowest BCUT2D eigenvalue weighted by Crippen LogP contribution is -2.60. The number of rotatable bonds is 4. The van der Waals surface area contributed by atoms with Crippen LogP contribution in [0.5, 0.6) is 0 Å². The van der Waals surface area contributed by atoms with Crippen LogP contribution in [0.25, 0.3) is 0 Å². The molecule has 0 unspecified atom stereocenters. The van der Waals surface area contributed by atoms with Crippen LogP contribution in [-0.2, 0) is 9.59 Å². The minimum atomic E-state index is -0.807. The van der Waals surface area contributed by atoms with Gasteiger partial charge in [-0.25, -0.2) is 0 Å². The van der Waals surface area contributed by atoms with Gasteiger partial charge in [-0.05, 0) is 32.1 Å². The summed E-state index contributed by atoms with van der Waals surface area (Å²) in [5.74, 6) is -0.995.